The van der Waals surface area contributed by atoms with Crippen LogP contribution in [0.5, 0.6) is 0 Å². The number of carboxylic acids is 1. The van der Waals surface area contributed by atoms with E-state index in [0.29, 0.717) is 21.8 Å². The first-order chi connectivity index (χ1) is 9.50. The molecule has 1 aromatic carbocycles. The van der Waals surface area contributed by atoms with Crippen molar-refractivity contribution in [2.45, 2.75) is 0 Å². The second-order valence-electron chi connectivity index (χ2n) is 4.27. The van der Waals surface area contributed by atoms with Crippen LogP contribution in [-0.2, 0) is 0 Å². The van der Waals surface area contributed by atoms with E-state index in [2.05, 4.69) is 4.98 Å². The van der Waals surface area contributed by atoms with Crippen molar-refractivity contribution in [3.63, 3.8) is 0 Å². The van der Waals surface area contributed by atoms with E-state index in [1.165, 1.54) is 28.6 Å². The van der Waals surface area contributed by atoms with Gasteiger partial charge in [0.15, 0.2) is 0 Å². The molecular weight excluding hydrogens is 282 g/mol. The minimum absolute atomic E-state index is 0.131. The number of fused-ring (bicyclic) bond motifs is 3. The maximum Gasteiger partial charge on any atom is 0.335 e. The standard InChI is InChI=1S/C13H8ClN3O3/c14-17-10-2-1-6(13(19)20)3-7(10)8-4-16-5-9(11(8)17)12(15)18/h1-5H,(H2,15,18)(H,19,20). The van der Waals surface area contributed by atoms with Crippen molar-refractivity contribution in [3.05, 3.63) is 41.7 Å². The molecule has 0 aliphatic heterocycles. The number of halogens is 1. The number of pyridine rings is 1. The number of amides is 1. The number of hydrogen-bond acceptors (Lipinski definition) is 3. The Hall–Kier alpha value is -2.60. The number of rotatable bonds is 2. The number of nitrogens with zero attached hydrogens (tertiary/aromatic N) is 2. The third-order valence-corrected chi connectivity index (χ3v) is 3.48. The fraction of sp³-hybridized carbons (Fsp3) is 0. The molecule has 2 heterocycles. The zero-order valence-corrected chi connectivity index (χ0v) is 10.8. The Morgan fingerprint density at radius 1 is 1.25 bits per heavy atom. The van der Waals surface area contributed by atoms with Gasteiger partial charge in [-0.25, -0.2) is 4.79 Å². The fourth-order valence-electron chi connectivity index (χ4n) is 2.22. The molecule has 3 aromatic rings. The van der Waals surface area contributed by atoms with Gasteiger partial charge in [-0.2, -0.15) is 0 Å². The van der Waals surface area contributed by atoms with E-state index < -0.39 is 11.9 Å². The maximum atomic E-state index is 11.4. The van der Waals surface area contributed by atoms with Crippen LogP contribution in [0, 0.1) is 0 Å². The van der Waals surface area contributed by atoms with Gasteiger partial charge in [-0.05, 0) is 18.2 Å². The number of hydrogen-bond donors (Lipinski definition) is 2. The number of carbonyl (C=O) groups excluding carboxylic acids is 1. The number of benzene rings is 1. The predicted octanol–water partition coefficient (Wildman–Crippen LogP) is 1.99. The molecule has 0 radical (unpaired) electrons. The van der Waals surface area contributed by atoms with Gasteiger partial charge in [0.2, 0.25) is 0 Å². The molecule has 0 aliphatic rings. The average Bonchev–Trinajstić information content (AvgIpc) is 2.72. The first-order valence-electron chi connectivity index (χ1n) is 5.62. The van der Waals surface area contributed by atoms with E-state index in [-0.39, 0.29) is 11.1 Å². The van der Waals surface area contributed by atoms with Gasteiger partial charge < -0.3 is 10.8 Å². The van der Waals surface area contributed by atoms with Gasteiger partial charge in [0.25, 0.3) is 5.91 Å². The summed E-state index contributed by atoms with van der Waals surface area (Å²) in [5.74, 6) is -1.69. The fourth-order valence-corrected chi connectivity index (χ4v) is 2.55. The number of nitrogens with two attached hydrogens (primary N) is 1. The van der Waals surface area contributed by atoms with Gasteiger partial charge >= 0.3 is 5.97 Å². The zero-order chi connectivity index (χ0) is 14.4. The third kappa shape index (κ3) is 1.62. The van der Waals surface area contributed by atoms with E-state index in [1.807, 2.05) is 0 Å². The first-order valence-corrected chi connectivity index (χ1v) is 5.96. The van der Waals surface area contributed by atoms with Gasteiger partial charge in [-0.15, -0.1) is 0 Å². The number of primary amides is 1. The average molecular weight is 290 g/mol. The van der Waals surface area contributed by atoms with Gasteiger partial charge in [-0.3, -0.25) is 13.9 Å². The molecule has 2 aromatic heterocycles. The highest BCUT2D eigenvalue weighted by molar-refractivity contribution is 6.28. The van der Waals surface area contributed by atoms with E-state index in [9.17, 15) is 9.59 Å². The van der Waals surface area contributed by atoms with E-state index in [4.69, 9.17) is 22.6 Å². The molecule has 7 heteroatoms. The van der Waals surface area contributed by atoms with Crippen LogP contribution in [0.3, 0.4) is 0 Å². The van der Waals surface area contributed by atoms with Crippen molar-refractivity contribution in [2.24, 2.45) is 5.73 Å². The molecule has 0 atom stereocenters. The van der Waals surface area contributed by atoms with Crippen LogP contribution in [0.2, 0.25) is 0 Å². The summed E-state index contributed by atoms with van der Waals surface area (Å²) in [6.07, 6.45) is 2.86. The smallest absolute Gasteiger partial charge is 0.335 e. The Labute approximate surface area is 117 Å². The largest absolute Gasteiger partial charge is 0.478 e. The van der Waals surface area contributed by atoms with Crippen LogP contribution in [0.4, 0.5) is 0 Å². The number of aromatic nitrogens is 2. The molecule has 0 saturated heterocycles. The Morgan fingerprint density at radius 3 is 2.65 bits per heavy atom. The normalized spacial score (nSPS) is 11.1. The lowest BCUT2D eigenvalue weighted by atomic mass is 10.1. The van der Waals surface area contributed by atoms with Crippen molar-refractivity contribution < 1.29 is 14.7 Å². The summed E-state index contributed by atoms with van der Waals surface area (Å²) < 4.78 is 1.29. The predicted molar refractivity (Wildman–Crippen MR) is 74.0 cm³/mol. The molecule has 0 fully saturated rings. The third-order valence-electron chi connectivity index (χ3n) is 3.12. The first kappa shape index (κ1) is 12.4. The second-order valence-corrected chi connectivity index (χ2v) is 4.60. The zero-order valence-electron chi connectivity index (χ0n) is 10.0. The number of carbonyl (C=O) groups is 2. The molecule has 3 rings (SSSR count). The molecule has 0 saturated carbocycles. The van der Waals surface area contributed by atoms with Gasteiger partial charge in [0, 0.05) is 34.9 Å². The van der Waals surface area contributed by atoms with Crippen LogP contribution in [0.25, 0.3) is 21.8 Å². The van der Waals surface area contributed by atoms with Crippen LogP contribution >= 0.6 is 11.8 Å². The van der Waals surface area contributed by atoms with Gasteiger partial charge in [-0.1, -0.05) is 0 Å². The lowest BCUT2D eigenvalue weighted by Gasteiger charge is -1.99. The summed E-state index contributed by atoms with van der Waals surface area (Å²) in [6.45, 7) is 0. The summed E-state index contributed by atoms with van der Waals surface area (Å²) in [6, 6.07) is 4.52. The highest BCUT2D eigenvalue weighted by atomic mass is 35.5. The van der Waals surface area contributed by atoms with Crippen molar-refractivity contribution in [1.82, 2.24) is 9.07 Å². The number of aromatic carboxylic acids is 1. The molecule has 20 heavy (non-hydrogen) atoms. The molecule has 0 spiro atoms. The Morgan fingerprint density at radius 2 is 2.00 bits per heavy atom. The van der Waals surface area contributed by atoms with Crippen molar-refractivity contribution in [2.75, 3.05) is 0 Å². The van der Waals surface area contributed by atoms with Gasteiger partial charge in [0.1, 0.15) is 0 Å². The summed E-state index contributed by atoms with van der Waals surface area (Å²) in [7, 11) is 0. The van der Waals surface area contributed by atoms with E-state index >= 15 is 0 Å². The van der Waals surface area contributed by atoms with Crippen LogP contribution in [-0.4, -0.2) is 26.1 Å². The lowest BCUT2D eigenvalue weighted by molar-refractivity contribution is 0.0697. The highest BCUT2D eigenvalue weighted by Crippen LogP contribution is 2.32. The summed E-state index contributed by atoms with van der Waals surface area (Å²) in [4.78, 5) is 26.4. The molecule has 0 unspecified atom stereocenters. The minimum atomic E-state index is -1.04. The molecule has 6 nitrogen and oxygen atoms in total. The molecule has 0 bridgehead atoms. The highest BCUT2D eigenvalue weighted by Gasteiger charge is 2.17. The van der Waals surface area contributed by atoms with Crippen LogP contribution in [0.1, 0.15) is 20.7 Å². The Bertz CT molecular complexity index is 885. The van der Waals surface area contributed by atoms with Crippen molar-refractivity contribution >= 4 is 45.5 Å². The van der Waals surface area contributed by atoms with Crippen molar-refractivity contribution in [1.29, 1.82) is 0 Å². The molecular formula is C13H8ClN3O3. The molecule has 1 amide bonds. The topological polar surface area (TPSA) is 98.2 Å². The van der Waals surface area contributed by atoms with Crippen LogP contribution in [0.15, 0.2) is 30.6 Å². The summed E-state index contributed by atoms with van der Waals surface area (Å²) in [5, 5.41) is 10.2. The second kappa shape index (κ2) is 4.21. The number of carboxylic acid groups (broad SMARTS) is 1. The molecule has 0 aliphatic carbocycles. The minimum Gasteiger partial charge on any atom is -0.478 e. The van der Waals surface area contributed by atoms with Crippen LogP contribution < -0.4 is 5.73 Å². The summed E-state index contributed by atoms with van der Waals surface area (Å²) >= 11 is 6.20. The molecule has 100 valence electrons. The monoisotopic (exact) mass is 289 g/mol. The van der Waals surface area contributed by atoms with E-state index in [0.717, 1.165) is 0 Å². The van der Waals surface area contributed by atoms with Gasteiger partial charge in [0.05, 0.1) is 22.2 Å². The maximum absolute atomic E-state index is 11.4. The SMILES string of the molecule is NC(=O)c1cncc2c3cc(C(=O)O)ccc3n(Cl)c12. The summed E-state index contributed by atoms with van der Waals surface area (Å²) in [5.41, 5.74) is 6.63. The lowest BCUT2D eigenvalue weighted by Crippen LogP contribution is -2.12. The molecule has 3 N–H and O–H groups in total. The Balaban J connectivity index is 2.51. The quantitative estimate of drug-likeness (QED) is 0.753. The van der Waals surface area contributed by atoms with Crippen molar-refractivity contribution in [3.8, 4) is 0 Å². The van der Waals surface area contributed by atoms with E-state index in [1.54, 1.807) is 6.07 Å². The Kier molecular flexibility index (Phi) is 2.62.